The average molecular weight is 327 g/mol. The predicted molar refractivity (Wildman–Crippen MR) is 87.4 cm³/mol. The standard InChI is InChI=1S/C17H17N3O4/c1-10-14(15(20-17(22)18-10)13-4-3-9-24-13)16(21)19-11-5-7-12(23-2)8-6-11/h3-9,15H,1-2H3,(H,19,21)(H2,18,20,22). The lowest BCUT2D eigenvalue weighted by molar-refractivity contribution is -0.113. The summed E-state index contributed by atoms with van der Waals surface area (Å²) in [5, 5.41) is 8.13. The lowest BCUT2D eigenvalue weighted by Gasteiger charge is -2.27. The Morgan fingerprint density at radius 2 is 2.00 bits per heavy atom. The van der Waals surface area contributed by atoms with Crippen LogP contribution < -0.4 is 20.7 Å². The molecule has 1 aliphatic rings. The number of rotatable bonds is 4. The molecule has 7 nitrogen and oxygen atoms in total. The fourth-order valence-electron chi connectivity index (χ4n) is 2.54. The van der Waals surface area contributed by atoms with E-state index in [9.17, 15) is 9.59 Å². The van der Waals surface area contributed by atoms with Gasteiger partial charge in [-0.15, -0.1) is 0 Å². The first-order chi connectivity index (χ1) is 11.6. The molecule has 1 atom stereocenters. The quantitative estimate of drug-likeness (QED) is 0.804. The van der Waals surface area contributed by atoms with Crippen LogP contribution in [0.2, 0.25) is 0 Å². The second-order valence-corrected chi connectivity index (χ2v) is 5.27. The molecule has 0 bridgehead atoms. The van der Waals surface area contributed by atoms with E-state index in [1.165, 1.54) is 6.26 Å². The van der Waals surface area contributed by atoms with Crippen LogP contribution in [-0.4, -0.2) is 19.0 Å². The minimum absolute atomic E-state index is 0.327. The largest absolute Gasteiger partial charge is 0.497 e. The minimum atomic E-state index is -0.646. The highest BCUT2D eigenvalue weighted by Gasteiger charge is 2.32. The molecule has 0 spiro atoms. The normalized spacial score (nSPS) is 17.1. The Balaban J connectivity index is 1.87. The molecule has 0 fully saturated rings. The Labute approximate surface area is 138 Å². The predicted octanol–water partition coefficient (Wildman–Crippen LogP) is 2.55. The Hall–Kier alpha value is -3.22. The third-order valence-corrected chi connectivity index (χ3v) is 3.69. The fraction of sp³-hybridized carbons (Fsp3) is 0.176. The van der Waals surface area contributed by atoms with Crippen LogP contribution in [-0.2, 0) is 4.79 Å². The Morgan fingerprint density at radius 3 is 2.62 bits per heavy atom. The van der Waals surface area contributed by atoms with Gasteiger partial charge in [-0.05, 0) is 43.3 Å². The summed E-state index contributed by atoms with van der Waals surface area (Å²) >= 11 is 0. The molecule has 0 radical (unpaired) electrons. The van der Waals surface area contributed by atoms with Crippen LogP contribution in [0.5, 0.6) is 5.75 Å². The van der Waals surface area contributed by atoms with Crippen LogP contribution in [0.15, 0.2) is 58.3 Å². The van der Waals surface area contributed by atoms with E-state index in [-0.39, 0.29) is 11.9 Å². The van der Waals surface area contributed by atoms with Gasteiger partial charge in [-0.3, -0.25) is 4.79 Å². The maximum atomic E-state index is 12.7. The molecular formula is C17H17N3O4. The van der Waals surface area contributed by atoms with E-state index >= 15 is 0 Å². The van der Waals surface area contributed by atoms with Gasteiger partial charge >= 0.3 is 6.03 Å². The van der Waals surface area contributed by atoms with Crippen molar-refractivity contribution >= 4 is 17.6 Å². The van der Waals surface area contributed by atoms with Crippen molar-refractivity contribution in [1.82, 2.24) is 10.6 Å². The molecule has 7 heteroatoms. The van der Waals surface area contributed by atoms with Gasteiger partial charge in [0.15, 0.2) is 0 Å². The van der Waals surface area contributed by atoms with Gasteiger partial charge in [0.25, 0.3) is 5.91 Å². The number of furan rings is 1. The number of allylic oxidation sites excluding steroid dienone is 1. The lowest BCUT2D eigenvalue weighted by Crippen LogP contribution is -2.45. The number of ether oxygens (including phenoxy) is 1. The third kappa shape index (κ3) is 3.10. The third-order valence-electron chi connectivity index (χ3n) is 3.69. The van der Waals surface area contributed by atoms with Gasteiger partial charge in [-0.1, -0.05) is 0 Å². The highest BCUT2D eigenvalue weighted by Crippen LogP contribution is 2.28. The van der Waals surface area contributed by atoms with Crippen molar-refractivity contribution in [2.75, 3.05) is 12.4 Å². The molecule has 3 rings (SSSR count). The number of methoxy groups -OCH3 is 1. The van der Waals surface area contributed by atoms with E-state index in [1.807, 2.05) is 0 Å². The van der Waals surface area contributed by atoms with Crippen molar-refractivity contribution in [3.05, 3.63) is 59.7 Å². The van der Waals surface area contributed by atoms with Gasteiger partial charge in [0.2, 0.25) is 0 Å². The molecule has 0 saturated heterocycles. The summed E-state index contributed by atoms with van der Waals surface area (Å²) in [4.78, 5) is 24.4. The summed E-state index contributed by atoms with van der Waals surface area (Å²) in [5.41, 5.74) is 1.49. The molecule has 1 aliphatic heterocycles. The molecule has 3 N–H and O–H groups in total. The summed E-state index contributed by atoms with van der Waals surface area (Å²) in [6, 6.07) is 9.38. The van der Waals surface area contributed by atoms with Crippen molar-refractivity contribution in [3.63, 3.8) is 0 Å². The zero-order chi connectivity index (χ0) is 17.1. The van der Waals surface area contributed by atoms with Crippen LogP contribution in [0.3, 0.4) is 0 Å². The summed E-state index contributed by atoms with van der Waals surface area (Å²) in [7, 11) is 1.58. The summed E-state index contributed by atoms with van der Waals surface area (Å²) in [5.74, 6) is 0.860. The molecule has 0 aliphatic carbocycles. The second kappa shape index (κ2) is 6.49. The van der Waals surface area contributed by atoms with Gasteiger partial charge in [-0.25, -0.2) is 4.79 Å². The number of carbonyl (C=O) groups excluding carboxylic acids is 2. The molecule has 0 saturated carbocycles. The molecular weight excluding hydrogens is 310 g/mol. The highest BCUT2D eigenvalue weighted by molar-refractivity contribution is 6.06. The number of amides is 3. The van der Waals surface area contributed by atoms with Gasteiger partial charge in [-0.2, -0.15) is 0 Å². The van der Waals surface area contributed by atoms with Crippen LogP contribution in [0.4, 0.5) is 10.5 Å². The first-order valence-corrected chi connectivity index (χ1v) is 7.35. The topological polar surface area (TPSA) is 92.6 Å². The van der Waals surface area contributed by atoms with E-state index in [1.54, 1.807) is 50.4 Å². The van der Waals surface area contributed by atoms with E-state index in [4.69, 9.17) is 9.15 Å². The monoisotopic (exact) mass is 327 g/mol. The SMILES string of the molecule is COc1ccc(NC(=O)C2=C(C)NC(=O)NC2c2ccco2)cc1. The number of hydrogen-bond donors (Lipinski definition) is 3. The average Bonchev–Trinajstić information content (AvgIpc) is 3.09. The first kappa shape index (κ1) is 15.7. The van der Waals surface area contributed by atoms with Crippen molar-refractivity contribution in [2.45, 2.75) is 13.0 Å². The summed E-state index contributed by atoms with van der Waals surface area (Å²) in [6.45, 7) is 1.68. The Bertz CT molecular complexity index is 779. The number of benzene rings is 1. The van der Waals surface area contributed by atoms with E-state index < -0.39 is 6.04 Å². The zero-order valence-corrected chi connectivity index (χ0v) is 13.3. The lowest BCUT2D eigenvalue weighted by atomic mass is 10.00. The molecule has 1 aromatic carbocycles. The number of urea groups is 1. The molecule has 1 aromatic heterocycles. The fourth-order valence-corrected chi connectivity index (χ4v) is 2.54. The number of hydrogen-bond acceptors (Lipinski definition) is 4. The van der Waals surface area contributed by atoms with Gasteiger partial charge in [0, 0.05) is 11.4 Å². The smallest absolute Gasteiger partial charge is 0.319 e. The molecule has 24 heavy (non-hydrogen) atoms. The maximum absolute atomic E-state index is 12.7. The second-order valence-electron chi connectivity index (χ2n) is 5.27. The Morgan fingerprint density at radius 1 is 1.25 bits per heavy atom. The van der Waals surface area contributed by atoms with E-state index in [0.29, 0.717) is 28.5 Å². The molecule has 3 amide bonds. The van der Waals surface area contributed by atoms with Crippen LogP contribution in [0.25, 0.3) is 0 Å². The van der Waals surface area contributed by atoms with Gasteiger partial charge in [0.1, 0.15) is 17.6 Å². The van der Waals surface area contributed by atoms with Crippen molar-refractivity contribution < 1.29 is 18.7 Å². The number of nitrogens with one attached hydrogen (secondary N) is 3. The molecule has 1 unspecified atom stereocenters. The summed E-state index contributed by atoms with van der Waals surface area (Å²) < 4.78 is 10.5. The molecule has 124 valence electrons. The molecule has 2 heterocycles. The van der Waals surface area contributed by atoms with Gasteiger partial charge in [0.05, 0.1) is 18.9 Å². The summed E-state index contributed by atoms with van der Waals surface area (Å²) in [6.07, 6.45) is 1.50. The maximum Gasteiger partial charge on any atom is 0.319 e. The van der Waals surface area contributed by atoms with E-state index in [0.717, 1.165) is 0 Å². The van der Waals surface area contributed by atoms with Crippen LogP contribution in [0.1, 0.15) is 18.7 Å². The molecule has 2 aromatic rings. The minimum Gasteiger partial charge on any atom is -0.497 e. The zero-order valence-electron chi connectivity index (χ0n) is 13.3. The number of anilines is 1. The van der Waals surface area contributed by atoms with Crippen molar-refractivity contribution in [2.24, 2.45) is 0 Å². The van der Waals surface area contributed by atoms with Crippen molar-refractivity contribution in [1.29, 1.82) is 0 Å². The van der Waals surface area contributed by atoms with E-state index in [2.05, 4.69) is 16.0 Å². The van der Waals surface area contributed by atoms with Crippen molar-refractivity contribution in [3.8, 4) is 5.75 Å². The Kier molecular flexibility index (Phi) is 4.24. The van der Waals surface area contributed by atoms with Gasteiger partial charge < -0.3 is 25.1 Å². The first-order valence-electron chi connectivity index (χ1n) is 7.35. The highest BCUT2D eigenvalue weighted by atomic mass is 16.5. The van der Waals surface area contributed by atoms with Crippen LogP contribution in [0, 0.1) is 0 Å². The number of carbonyl (C=O) groups is 2. The van der Waals surface area contributed by atoms with Crippen LogP contribution >= 0.6 is 0 Å².